The van der Waals surface area contributed by atoms with E-state index in [1.165, 1.54) is 19.3 Å². The summed E-state index contributed by atoms with van der Waals surface area (Å²) in [6, 6.07) is 10.1. The summed E-state index contributed by atoms with van der Waals surface area (Å²) in [4.78, 5) is 15.5. The predicted molar refractivity (Wildman–Crippen MR) is 105 cm³/mol. The Labute approximate surface area is 162 Å². The molecule has 27 heavy (non-hydrogen) atoms. The van der Waals surface area contributed by atoms with Crippen molar-refractivity contribution in [2.24, 2.45) is 23.2 Å². The van der Waals surface area contributed by atoms with Gasteiger partial charge < -0.3 is 10.4 Å². The van der Waals surface area contributed by atoms with Crippen molar-refractivity contribution in [1.29, 1.82) is 0 Å². The van der Waals surface area contributed by atoms with E-state index in [0.29, 0.717) is 12.5 Å². The van der Waals surface area contributed by atoms with Crippen LogP contribution in [0.1, 0.15) is 56.6 Å². The molecule has 4 heteroatoms. The topological polar surface area (TPSA) is 52.6 Å². The number of benzene rings is 1. The van der Waals surface area contributed by atoms with Crippen LogP contribution in [0.5, 0.6) is 0 Å². The molecule has 1 unspecified atom stereocenters. The highest BCUT2D eigenvalue weighted by Crippen LogP contribution is 2.60. The smallest absolute Gasteiger partial charge is 0.226 e. The van der Waals surface area contributed by atoms with Crippen LogP contribution in [0.3, 0.4) is 0 Å². The summed E-state index contributed by atoms with van der Waals surface area (Å²) in [7, 11) is 0. The van der Waals surface area contributed by atoms with E-state index in [-0.39, 0.29) is 11.5 Å². The van der Waals surface area contributed by atoms with Crippen LogP contribution in [0.4, 0.5) is 0 Å². The number of hydrogen-bond acceptors (Lipinski definition) is 3. The summed E-state index contributed by atoms with van der Waals surface area (Å²) in [5.41, 5.74) is 0.921. The van der Waals surface area contributed by atoms with E-state index in [0.717, 1.165) is 62.1 Å². The molecule has 1 heterocycles. The molecule has 5 fully saturated rings. The van der Waals surface area contributed by atoms with Gasteiger partial charge in [0, 0.05) is 31.1 Å². The van der Waals surface area contributed by atoms with Crippen molar-refractivity contribution < 1.29 is 9.90 Å². The van der Waals surface area contributed by atoms with Crippen molar-refractivity contribution in [2.45, 2.75) is 57.1 Å². The number of carbonyl (C=O) groups is 1. The summed E-state index contributed by atoms with van der Waals surface area (Å²) < 4.78 is 0. The van der Waals surface area contributed by atoms with Gasteiger partial charge in [-0.15, -0.1) is 0 Å². The molecule has 6 rings (SSSR count). The lowest BCUT2D eigenvalue weighted by atomic mass is 9.49. The number of hydrogen-bond donors (Lipinski definition) is 2. The fraction of sp³-hybridized carbons (Fsp3) is 0.696. The number of β-amino-alcohol motifs (C(OH)–C–C–N with tert-alkyl or cyclic N) is 1. The molecule has 0 radical (unpaired) electrons. The summed E-state index contributed by atoms with van der Waals surface area (Å²) in [5, 5.41) is 13.9. The molecule has 1 aromatic rings. The zero-order chi connectivity index (χ0) is 18.4. The van der Waals surface area contributed by atoms with E-state index >= 15 is 0 Å². The maximum atomic E-state index is 13.2. The summed E-state index contributed by atoms with van der Waals surface area (Å²) in [5.74, 6) is 2.77. The fourth-order valence-electron chi connectivity index (χ4n) is 6.87. The molecule has 1 amide bonds. The van der Waals surface area contributed by atoms with E-state index in [9.17, 15) is 9.90 Å². The minimum absolute atomic E-state index is 0.0499. The van der Waals surface area contributed by atoms with E-state index in [4.69, 9.17) is 0 Å². The predicted octanol–water partition coefficient (Wildman–Crippen LogP) is 3.13. The lowest BCUT2D eigenvalue weighted by Crippen LogP contribution is -2.55. The van der Waals surface area contributed by atoms with Crippen molar-refractivity contribution in [3.05, 3.63) is 35.9 Å². The second-order valence-corrected chi connectivity index (χ2v) is 9.84. The van der Waals surface area contributed by atoms with Crippen molar-refractivity contribution in [1.82, 2.24) is 10.2 Å². The van der Waals surface area contributed by atoms with Crippen molar-refractivity contribution in [3.63, 3.8) is 0 Å². The van der Waals surface area contributed by atoms with Crippen LogP contribution in [-0.2, 0) is 4.79 Å². The van der Waals surface area contributed by atoms with Gasteiger partial charge in [-0.1, -0.05) is 30.3 Å². The van der Waals surface area contributed by atoms with Crippen LogP contribution < -0.4 is 5.32 Å². The Bertz CT molecular complexity index is 654. The lowest BCUT2D eigenvalue weighted by Gasteiger charge is -2.55. The second-order valence-electron chi connectivity index (χ2n) is 9.84. The van der Waals surface area contributed by atoms with E-state index in [1.54, 1.807) is 0 Å². The van der Waals surface area contributed by atoms with Gasteiger partial charge in [-0.05, 0) is 68.3 Å². The molecule has 4 nitrogen and oxygen atoms in total. The number of carbonyl (C=O) groups excluding carboxylic acids is 1. The molecule has 1 aliphatic heterocycles. The van der Waals surface area contributed by atoms with Crippen LogP contribution in [0.25, 0.3) is 0 Å². The quantitative estimate of drug-likeness (QED) is 0.840. The number of nitrogens with zero attached hydrogens (tertiary/aromatic N) is 1. The Kier molecular flexibility index (Phi) is 4.52. The monoisotopic (exact) mass is 368 g/mol. The number of nitrogens with one attached hydrogen (secondary N) is 1. The molecule has 2 atom stereocenters. The van der Waals surface area contributed by atoms with Crippen molar-refractivity contribution in [3.8, 4) is 0 Å². The van der Waals surface area contributed by atoms with Gasteiger partial charge in [0.15, 0.2) is 0 Å². The molecule has 146 valence electrons. The first-order chi connectivity index (χ1) is 13.1. The molecule has 1 aromatic carbocycles. The van der Waals surface area contributed by atoms with Gasteiger partial charge in [-0.2, -0.15) is 0 Å². The Morgan fingerprint density at radius 2 is 1.74 bits per heavy atom. The maximum absolute atomic E-state index is 13.2. The zero-order valence-corrected chi connectivity index (χ0v) is 16.1. The molecule has 1 saturated heterocycles. The average Bonchev–Trinajstić information content (AvgIpc) is 3.08. The molecular weight excluding hydrogens is 336 g/mol. The van der Waals surface area contributed by atoms with Gasteiger partial charge in [-0.3, -0.25) is 9.69 Å². The summed E-state index contributed by atoms with van der Waals surface area (Å²) in [6.07, 6.45) is 8.07. The van der Waals surface area contributed by atoms with Gasteiger partial charge in [0.25, 0.3) is 0 Å². The first-order valence-corrected chi connectivity index (χ1v) is 10.9. The Hall–Kier alpha value is -1.39. The Morgan fingerprint density at radius 3 is 2.37 bits per heavy atom. The normalized spacial score (nSPS) is 38.9. The minimum Gasteiger partial charge on any atom is -0.387 e. The molecule has 5 aliphatic rings. The Morgan fingerprint density at radius 1 is 1.11 bits per heavy atom. The number of amides is 1. The molecule has 0 aromatic heterocycles. The van der Waals surface area contributed by atoms with Crippen LogP contribution in [-0.4, -0.2) is 41.6 Å². The molecule has 0 spiro atoms. The van der Waals surface area contributed by atoms with Gasteiger partial charge in [-0.25, -0.2) is 0 Å². The number of aliphatic hydroxyl groups is 1. The minimum atomic E-state index is -0.455. The largest absolute Gasteiger partial charge is 0.387 e. The van der Waals surface area contributed by atoms with Gasteiger partial charge in [0.1, 0.15) is 0 Å². The number of aliphatic hydroxyl groups excluding tert-OH is 1. The maximum Gasteiger partial charge on any atom is 0.226 e. The SMILES string of the molecule is O=C(NC1CCN(C[C@@H](O)c2ccccc2)C1)C12CC3CC(CC(C3)C1)C2. The highest BCUT2D eigenvalue weighted by molar-refractivity contribution is 5.83. The van der Waals surface area contributed by atoms with Crippen LogP contribution in [0.15, 0.2) is 30.3 Å². The highest BCUT2D eigenvalue weighted by Gasteiger charge is 2.54. The van der Waals surface area contributed by atoms with Crippen molar-refractivity contribution in [2.75, 3.05) is 19.6 Å². The van der Waals surface area contributed by atoms with Gasteiger partial charge in [0.05, 0.1) is 6.10 Å². The summed E-state index contributed by atoms with van der Waals surface area (Å²) >= 11 is 0. The average molecular weight is 369 g/mol. The van der Waals surface area contributed by atoms with Crippen LogP contribution in [0, 0.1) is 23.2 Å². The molecule has 4 aliphatic carbocycles. The number of likely N-dealkylation sites (tertiary alicyclic amines) is 1. The van der Waals surface area contributed by atoms with E-state index in [2.05, 4.69) is 10.2 Å². The zero-order valence-electron chi connectivity index (χ0n) is 16.1. The van der Waals surface area contributed by atoms with Gasteiger partial charge >= 0.3 is 0 Å². The molecule has 4 saturated carbocycles. The molecule has 4 bridgehead atoms. The molecule has 2 N–H and O–H groups in total. The first kappa shape index (κ1) is 17.7. The highest BCUT2D eigenvalue weighted by atomic mass is 16.3. The van der Waals surface area contributed by atoms with Crippen LogP contribution in [0.2, 0.25) is 0 Å². The third-order valence-corrected chi connectivity index (χ3v) is 7.74. The van der Waals surface area contributed by atoms with Gasteiger partial charge in [0.2, 0.25) is 5.91 Å². The Balaban J connectivity index is 1.16. The molecular formula is C23H32N2O2. The standard InChI is InChI=1S/C23H32N2O2/c26-21(19-4-2-1-3-5-19)15-25-7-6-20(14-25)24-22(27)23-11-16-8-17(12-23)10-18(9-16)13-23/h1-5,16-18,20-21,26H,6-15H2,(H,24,27)/t16?,17?,18?,20?,21-,23?/m1/s1. The number of rotatable bonds is 5. The van der Waals surface area contributed by atoms with E-state index < -0.39 is 6.10 Å². The van der Waals surface area contributed by atoms with E-state index in [1.807, 2.05) is 30.3 Å². The second kappa shape index (κ2) is 6.89. The fourth-order valence-corrected chi connectivity index (χ4v) is 6.87. The van der Waals surface area contributed by atoms with Crippen molar-refractivity contribution >= 4 is 5.91 Å². The lowest BCUT2D eigenvalue weighted by molar-refractivity contribution is -0.146. The van der Waals surface area contributed by atoms with Crippen LogP contribution >= 0.6 is 0 Å². The summed E-state index contributed by atoms with van der Waals surface area (Å²) in [6.45, 7) is 2.46. The third-order valence-electron chi connectivity index (χ3n) is 7.74. The first-order valence-electron chi connectivity index (χ1n) is 10.9. The third kappa shape index (κ3) is 3.42.